The van der Waals surface area contributed by atoms with Crippen molar-refractivity contribution >= 4 is 17.6 Å². The number of carbonyl (C=O) groups excluding carboxylic acids is 2. The number of amides is 1. The molecule has 1 atom stereocenters. The van der Waals surface area contributed by atoms with Gasteiger partial charge in [0.25, 0.3) is 11.6 Å². The Morgan fingerprint density at radius 3 is 2.44 bits per heavy atom. The van der Waals surface area contributed by atoms with Crippen LogP contribution in [-0.4, -0.2) is 35.4 Å². The monoisotopic (exact) mass is 374 g/mol. The van der Waals surface area contributed by atoms with Crippen molar-refractivity contribution in [2.24, 2.45) is 0 Å². The maximum absolute atomic E-state index is 13.0. The number of likely N-dealkylation sites (N-methyl/N-ethyl adjacent to an activating group) is 1. The van der Waals surface area contributed by atoms with Gasteiger partial charge in [0.1, 0.15) is 11.4 Å². The van der Waals surface area contributed by atoms with Gasteiger partial charge in [-0.05, 0) is 37.6 Å². The Kier molecular flexibility index (Phi) is 6.23. The summed E-state index contributed by atoms with van der Waals surface area (Å²) in [7, 11) is 1.53. The highest BCUT2D eigenvalue weighted by molar-refractivity contribution is 5.95. The van der Waals surface area contributed by atoms with Crippen molar-refractivity contribution in [1.29, 1.82) is 0 Å². The SMILES string of the molecule is Cc1cccc(C(=O)OCC(=O)N(C)C(C)c2ccc(F)cc2)c1[N+](=O)[O-]. The molecule has 27 heavy (non-hydrogen) atoms. The molecular weight excluding hydrogens is 355 g/mol. The highest BCUT2D eigenvalue weighted by Crippen LogP contribution is 2.24. The van der Waals surface area contributed by atoms with E-state index in [1.165, 1.54) is 49.2 Å². The average Bonchev–Trinajstić information content (AvgIpc) is 2.64. The minimum absolute atomic E-state index is 0.206. The summed E-state index contributed by atoms with van der Waals surface area (Å²) in [6, 6.07) is 9.63. The Hall–Kier alpha value is -3.29. The number of hydrogen-bond donors (Lipinski definition) is 0. The number of halogens is 1. The highest BCUT2D eigenvalue weighted by Gasteiger charge is 2.25. The fraction of sp³-hybridized carbons (Fsp3) is 0.263. The maximum Gasteiger partial charge on any atom is 0.345 e. The van der Waals surface area contributed by atoms with Crippen molar-refractivity contribution in [2.75, 3.05) is 13.7 Å². The molecule has 0 aliphatic rings. The molecule has 0 heterocycles. The molecule has 7 nitrogen and oxygen atoms in total. The van der Waals surface area contributed by atoms with Crippen LogP contribution in [0.25, 0.3) is 0 Å². The molecular formula is C19H19FN2O5. The third-order valence-corrected chi connectivity index (χ3v) is 4.29. The molecule has 2 rings (SSSR count). The van der Waals surface area contributed by atoms with Crippen LogP contribution in [0.15, 0.2) is 42.5 Å². The number of nitro groups is 1. The van der Waals surface area contributed by atoms with Gasteiger partial charge in [-0.2, -0.15) is 0 Å². The first kappa shape index (κ1) is 20.0. The van der Waals surface area contributed by atoms with Crippen LogP contribution < -0.4 is 0 Å². The lowest BCUT2D eigenvalue weighted by molar-refractivity contribution is -0.385. The summed E-state index contributed by atoms with van der Waals surface area (Å²) in [4.78, 5) is 36.3. The van der Waals surface area contributed by atoms with Crippen molar-refractivity contribution in [1.82, 2.24) is 4.90 Å². The van der Waals surface area contributed by atoms with E-state index in [2.05, 4.69) is 0 Å². The largest absolute Gasteiger partial charge is 0.452 e. The van der Waals surface area contributed by atoms with Gasteiger partial charge in [-0.3, -0.25) is 14.9 Å². The molecule has 8 heteroatoms. The molecule has 0 aliphatic carbocycles. The lowest BCUT2D eigenvalue weighted by Crippen LogP contribution is -2.33. The molecule has 1 unspecified atom stereocenters. The van der Waals surface area contributed by atoms with Crippen LogP contribution in [0.1, 0.15) is 34.5 Å². The maximum atomic E-state index is 13.0. The fourth-order valence-electron chi connectivity index (χ4n) is 2.55. The number of ether oxygens (including phenoxy) is 1. The molecule has 2 aromatic carbocycles. The van der Waals surface area contributed by atoms with Gasteiger partial charge in [-0.1, -0.05) is 24.3 Å². The normalized spacial score (nSPS) is 11.6. The van der Waals surface area contributed by atoms with Crippen LogP contribution >= 0.6 is 0 Å². The van der Waals surface area contributed by atoms with Crippen LogP contribution in [-0.2, 0) is 9.53 Å². The summed E-state index contributed by atoms with van der Waals surface area (Å²) in [5, 5.41) is 11.2. The second-order valence-electron chi connectivity index (χ2n) is 6.04. The van der Waals surface area contributed by atoms with Crippen molar-refractivity contribution in [3.8, 4) is 0 Å². The molecule has 0 saturated heterocycles. The molecule has 0 bridgehead atoms. The number of esters is 1. The van der Waals surface area contributed by atoms with Crippen LogP contribution in [0.3, 0.4) is 0 Å². The van der Waals surface area contributed by atoms with Crippen molar-refractivity contribution in [2.45, 2.75) is 19.9 Å². The van der Waals surface area contributed by atoms with Gasteiger partial charge in [0.15, 0.2) is 6.61 Å². The molecule has 0 aliphatic heterocycles. The minimum Gasteiger partial charge on any atom is -0.452 e. The minimum atomic E-state index is -0.943. The number of carbonyl (C=O) groups is 2. The standard InChI is InChI=1S/C19H19FN2O5/c1-12-5-4-6-16(18(12)22(25)26)19(24)27-11-17(23)21(3)13(2)14-7-9-15(20)10-8-14/h4-10,13H,11H2,1-3H3. The van der Waals surface area contributed by atoms with E-state index < -0.39 is 23.4 Å². The van der Waals surface area contributed by atoms with Gasteiger partial charge in [-0.25, -0.2) is 9.18 Å². The summed E-state index contributed by atoms with van der Waals surface area (Å²) >= 11 is 0. The third kappa shape index (κ3) is 4.66. The van der Waals surface area contributed by atoms with Crippen LogP contribution in [0.4, 0.5) is 10.1 Å². The predicted octanol–water partition coefficient (Wildman–Crippen LogP) is 3.42. The van der Waals surface area contributed by atoms with Gasteiger partial charge in [0.05, 0.1) is 11.0 Å². The number of aryl methyl sites for hydroxylation is 1. The predicted molar refractivity (Wildman–Crippen MR) is 95.7 cm³/mol. The lowest BCUT2D eigenvalue weighted by atomic mass is 10.1. The van der Waals surface area contributed by atoms with E-state index in [9.17, 15) is 24.1 Å². The Labute approximate surface area is 155 Å². The molecule has 0 aromatic heterocycles. The molecule has 0 N–H and O–H groups in total. The van der Waals surface area contributed by atoms with E-state index >= 15 is 0 Å². The van der Waals surface area contributed by atoms with Gasteiger partial charge >= 0.3 is 5.97 Å². The number of para-hydroxylation sites is 1. The zero-order valence-electron chi connectivity index (χ0n) is 15.1. The summed E-state index contributed by atoms with van der Waals surface area (Å²) in [5.41, 5.74) is 0.487. The first-order valence-electron chi connectivity index (χ1n) is 8.14. The molecule has 2 aromatic rings. The van der Waals surface area contributed by atoms with Crippen molar-refractivity contribution in [3.05, 3.63) is 75.1 Å². The number of benzene rings is 2. The summed E-state index contributed by atoms with van der Waals surface area (Å²) in [6.45, 7) is 2.70. The van der Waals surface area contributed by atoms with Gasteiger partial charge in [0.2, 0.25) is 0 Å². The molecule has 142 valence electrons. The van der Waals surface area contributed by atoms with Crippen LogP contribution in [0.2, 0.25) is 0 Å². The first-order chi connectivity index (χ1) is 12.7. The Bertz CT molecular complexity index is 867. The van der Waals surface area contributed by atoms with E-state index in [-0.39, 0.29) is 23.1 Å². The number of nitrogens with zero attached hydrogens (tertiary/aromatic N) is 2. The van der Waals surface area contributed by atoms with Crippen LogP contribution in [0, 0.1) is 22.9 Å². The quantitative estimate of drug-likeness (QED) is 0.439. The fourth-order valence-corrected chi connectivity index (χ4v) is 2.55. The van der Waals surface area contributed by atoms with Gasteiger partial charge < -0.3 is 9.64 Å². The van der Waals surface area contributed by atoms with Crippen molar-refractivity contribution < 1.29 is 23.6 Å². The average molecular weight is 374 g/mol. The second-order valence-corrected chi connectivity index (χ2v) is 6.04. The van der Waals surface area contributed by atoms with Crippen LogP contribution in [0.5, 0.6) is 0 Å². The third-order valence-electron chi connectivity index (χ3n) is 4.29. The summed E-state index contributed by atoms with van der Waals surface area (Å²) in [5.74, 6) is -1.81. The van der Waals surface area contributed by atoms with E-state index in [1.54, 1.807) is 19.1 Å². The second kappa shape index (κ2) is 8.39. The summed E-state index contributed by atoms with van der Waals surface area (Å²) < 4.78 is 18.0. The highest BCUT2D eigenvalue weighted by atomic mass is 19.1. The van der Waals surface area contributed by atoms with E-state index in [0.29, 0.717) is 11.1 Å². The zero-order valence-corrected chi connectivity index (χ0v) is 15.1. The van der Waals surface area contributed by atoms with Gasteiger partial charge in [0, 0.05) is 12.6 Å². The first-order valence-corrected chi connectivity index (χ1v) is 8.14. The number of rotatable bonds is 6. The molecule has 0 saturated carbocycles. The lowest BCUT2D eigenvalue weighted by Gasteiger charge is -2.25. The topological polar surface area (TPSA) is 89.8 Å². The van der Waals surface area contributed by atoms with Crippen molar-refractivity contribution in [3.63, 3.8) is 0 Å². The van der Waals surface area contributed by atoms with Gasteiger partial charge in [-0.15, -0.1) is 0 Å². The number of nitro benzene ring substituents is 1. The Morgan fingerprint density at radius 1 is 1.22 bits per heavy atom. The molecule has 0 spiro atoms. The Morgan fingerprint density at radius 2 is 1.85 bits per heavy atom. The number of hydrogen-bond acceptors (Lipinski definition) is 5. The zero-order chi connectivity index (χ0) is 20.1. The molecule has 1 amide bonds. The summed E-state index contributed by atoms with van der Waals surface area (Å²) in [6.07, 6.45) is 0. The molecule has 0 fully saturated rings. The smallest absolute Gasteiger partial charge is 0.345 e. The van der Waals surface area contributed by atoms with E-state index in [4.69, 9.17) is 4.74 Å². The van der Waals surface area contributed by atoms with E-state index in [0.717, 1.165) is 0 Å². The van der Waals surface area contributed by atoms with E-state index in [1.807, 2.05) is 0 Å². The Balaban J connectivity index is 2.04. The molecule has 0 radical (unpaired) electrons.